The minimum absolute atomic E-state index is 0.0214. The number of benzene rings is 1. The van der Waals surface area contributed by atoms with Gasteiger partial charge in [0.05, 0.1) is 6.04 Å². The van der Waals surface area contributed by atoms with E-state index in [0.29, 0.717) is 0 Å². The maximum Gasteiger partial charge on any atom is 0.160 e. The van der Waals surface area contributed by atoms with E-state index < -0.39 is 0 Å². The zero-order valence-electron chi connectivity index (χ0n) is 10.6. The molecule has 0 aliphatic rings. The maximum atomic E-state index is 11.5. The molecule has 1 aromatic carbocycles. The Morgan fingerprint density at radius 3 is 2.65 bits per heavy atom. The van der Waals surface area contributed by atoms with Crippen LogP contribution >= 0.6 is 0 Å². The number of hydrogen-bond donors (Lipinski definition) is 0. The molecule has 1 aromatic rings. The van der Waals surface area contributed by atoms with Crippen LogP contribution in [0.15, 0.2) is 34.3 Å². The van der Waals surface area contributed by atoms with Crippen LogP contribution in [-0.4, -0.2) is 25.3 Å². The molecule has 0 bridgehead atoms. The maximum absolute atomic E-state index is 11.5. The molecule has 0 aromatic heterocycles. The molecule has 0 fully saturated rings. The highest BCUT2D eigenvalue weighted by atomic mass is 16.1. The van der Waals surface area contributed by atoms with Crippen molar-refractivity contribution in [3.05, 3.63) is 35.4 Å². The summed E-state index contributed by atoms with van der Waals surface area (Å²) in [5.74, 6) is 0.0819. The molecule has 1 unspecified atom stereocenters. The third-order valence-electron chi connectivity index (χ3n) is 2.57. The van der Waals surface area contributed by atoms with E-state index in [0.717, 1.165) is 17.5 Å². The van der Waals surface area contributed by atoms with Crippen LogP contribution in [0.25, 0.3) is 0 Å². The fourth-order valence-corrected chi connectivity index (χ4v) is 1.72. The lowest BCUT2D eigenvalue weighted by Crippen LogP contribution is -2.04. The number of aliphatic imine (C=N–C) groups is 2. The Labute approximate surface area is 102 Å². The van der Waals surface area contributed by atoms with Gasteiger partial charge in [-0.2, -0.15) is 0 Å². The van der Waals surface area contributed by atoms with Gasteiger partial charge in [-0.15, -0.1) is 0 Å². The first-order valence-electron chi connectivity index (χ1n) is 5.74. The fourth-order valence-electron chi connectivity index (χ4n) is 1.72. The minimum Gasteiger partial charge on any atom is -0.295 e. The zero-order chi connectivity index (χ0) is 12.7. The van der Waals surface area contributed by atoms with Gasteiger partial charge in [-0.1, -0.05) is 31.2 Å². The lowest BCUT2D eigenvalue weighted by atomic mass is 9.97. The van der Waals surface area contributed by atoms with Crippen molar-refractivity contribution in [1.29, 1.82) is 0 Å². The molecule has 0 N–H and O–H groups in total. The lowest BCUT2D eigenvalue weighted by Gasteiger charge is -2.13. The minimum atomic E-state index is 0.0214. The van der Waals surface area contributed by atoms with Crippen molar-refractivity contribution in [1.82, 2.24) is 0 Å². The van der Waals surface area contributed by atoms with Crippen molar-refractivity contribution in [2.75, 3.05) is 7.05 Å². The Bertz CT molecular complexity index is 436. The first kappa shape index (κ1) is 13.3. The van der Waals surface area contributed by atoms with Gasteiger partial charge in [0.2, 0.25) is 0 Å². The van der Waals surface area contributed by atoms with E-state index in [1.54, 1.807) is 26.4 Å². The zero-order valence-corrected chi connectivity index (χ0v) is 10.6. The monoisotopic (exact) mass is 230 g/mol. The van der Waals surface area contributed by atoms with Gasteiger partial charge in [0.1, 0.15) is 0 Å². The summed E-state index contributed by atoms with van der Waals surface area (Å²) < 4.78 is 0. The molecule has 0 radical (unpaired) electrons. The highest BCUT2D eigenvalue weighted by molar-refractivity contribution is 6.16. The van der Waals surface area contributed by atoms with E-state index in [1.165, 1.54) is 0 Å². The van der Waals surface area contributed by atoms with Gasteiger partial charge in [0, 0.05) is 25.0 Å². The van der Waals surface area contributed by atoms with E-state index in [1.807, 2.05) is 24.3 Å². The molecule has 3 heteroatoms. The van der Waals surface area contributed by atoms with Crippen molar-refractivity contribution >= 4 is 18.2 Å². The second-order valence-electron chi connectivity index (χ2n) is 3.77. The highest BCUT2D eigenvalue weighted by Crippen LogP contribution is 2.24. The molecule has 3 nitrogen and oxygen atoms in total. The van der Waals surface area contributed by atoms with Crippen LogP contribution in [0.5, 0.6) is 0 Å². The van der Waals surface area contributed by atoms with Crippen molar-refractivity contribution in [2.45, 2.75) is 26.3 Å². The molecule has 1 rings (SSSR count). The van der Waals surface area contributed by atoms with Crippen molar-refractivity contribution < 1.29 is 4.79 Å². The summed E-state index contributed by atoms with van der Waals surface area (Å²) in [4.78, 5) is 19.8. The van der Waals surface area contributed by atoms with Gasteiger partial charge in [-0.25, -0.2) is 0 Å². The predicted octanol–water partition coefficient (Wildman–Crippen LogP) is 3.11. The molecule has 0 saturated carbocycles. The Hall–Kier alpha value is -1.77. The molecule has 1 atom stereocenters. The first-order chi connectivity index (χ1) is 8.20. The van der Waals surface area contributed by atoms with Gasteiger partial charge in [0.15, 0.2) is 5.78 Å². The SMILES string of the molecule is CCC(N=CC=NC)c1ccccc1C(C)=O. The molecule has 0 aliphatic heterocycles. The summed E-state index contributed by atoms with van der Waals surface area (Å²) in [6.45, 7) is 3.64. The van der Waals surface area contributed by atoms with Gasteiger partial charge in [-0.3, -0.25) is 14.8 Å². The van der Waals surface area contributed by atoms with Crippen LogP contribution in [0, 0.1) is 0 Å². The number of hydrogen-bond acceptors (Lipinski definition) is 3. The Kier molecular flexibility index (Phi) is 5.27. The largest absolute Gasteiger partial charge is 0.295 e. The molecule has 0 aliphatic carbocycles. The third-order valence-corrected chi connectivity index (χ3v) is 2.57. The molecule has 0 amide bonds. The highest BCUT2D eigenvalue weighted by Gasteiger charge is 2.13. The number of rotatable bonds is 5. The summed E-state index contributed by atoms with van der Waals surface area (Å²) >= 11 is 0. The molecular weight excluding hydrogens is 212 g/mol. The van der Waals surface area contributed by atoms with E-state index in [9.17, 15) is 4.79 Å². The van der Waals surface area contributed by atoms with E-state index in [2.05, 4.69) is 16.9 Å². The van der Waals surface area contributed by atoms with E-state index >= 15 is 0 Å². The van der Waals surface area contributed by atoms with Crippen LogP contribution in [0.3, 0.4) is 0 Å². The van der Waals surface area contributed by atoms with Gasteiger partial charge in [0.25, 0.3) is 0 Å². The van der Waals surface area contributed by atoms with Crippen LogP contribution in [-0.2, 0) is 0 Å². The smallest absolute Gasteiger partial charge is 0.160 e. The number of ketones is 1. The molecule has 0 spiro atoms. The molecule has 17 heavy (non-hydrogen) atoms. The first-order valence-corrected chi connectivity index (χ1v) is 5.74. The van der Waals surface area contributed by atoms with Gasteiger partial charge >= 0.3 is 0 Å². The predicted molar refractivity (Wildman–Crippen MR) is 72.4 cm³/mol. The van der Waals surface area contributed by atoms with Crippen molar-refractivity contribution in [2.24, 2.45) is 9.98 Å². The summed E-state index contributed by atoms with van der Waals surface area (Å²) in [6.07, 6.45) is 4.20. The normalized spacial score (nSPS) is 13.4. The Morgan fingerprint density at radius 2 is 2.06 bits per heavy atom. The third kappa shape index (κ3) is 3.63. The van der Waals surface area contributed by atoms with Crippen LogP contribution < -0.4 is 0 Å². The summed E-state index contributed by atoms with van der Waals surface area (Å²) in [5.41, 5.74) is 1.74. The van der Waals surface area contributed by atoms with Crippen LogP contribution in [0.2, 0.25) is 0 Å². The molecule has 0 heterocycles. The molecule has 90 valence electrons. The lowest BCUT2D eigenvalue weighted by molar-refractivity contribution is 0.101. The van der Waals surface area contributed by atoms with Crippen LogP contribution in [0.1, 0.15) is 42.2 Å². The van der Waals surface area contributed by atoms with Gasteiger partial charge < -0.3 is 0 Å². The van der Waals surface area contributed by atoms with Gasteiger partial charge in [-0.05, 0) is 18.9 Å². The van der Waals surface area contributed by atoms with Crippen molar-refractivity contribution in [3.63, 3.8) is 0 Å². The van der Waals surface area contributed by atoms with Crippen molar-refractivity contribution in [3.8, 4) is 0 Å². The molecular formula is C14H18N2O. The van der Waals surface area contributed by atoms with E-state index in [-0.39, 0.29) is 11.8 Å². The van der Waals surface area contributed by atoms with Crippen LogP contribution in [0.4, 0.5) is 0 Å². The summed E-state index contributed by atoms with van der Waals surface area (Å²) in [6, 6.07) is 7.65. The quantitative estimate of drug-likeness (QED) is 0.566. The number of nitrogens with zero attached hydrogens (tertiary/aromatic N) is 2. The second-order valence-corrected chi connectivity index (χ2v) is 3.77. The number of Topliss-reactive ketones (excluding diaryl/α,β-unsaturated/α-hetero) is 1. The summed E-state index contributed by atoms with van der Waals surface area (Å²) in [5, 5.41) is 0. The average Bonchev–Trinajstić information content (AvgIpc) is 2.35. The Morgan fingerprint density at radius 1 is 1.35 bits per heavy atom. The topological polar surface area (TPSA) is 41.8 Å². The fraction of sp³-hybridized carbons (Fsp3) is 0.357. The number of carbonyl (C=O) groups is 1. The number of carbonyl (C=O) groups excluding carboxylic acids is 1. The second kappa shape index (κ2) is 6.74. The Balaban J connectivity index is 3.07. The summed E-state index contributed by atoms with van der Waals surface area (Å²) in [7, 11) is 1.70. The average molecular weight is 230 g/mol. The standard InChI is InChI=1S/C14H18N2O/c1-4-14(16-10-9-15-3)13-8-6-5-7-12(13)11(2)17/h5-10,14H,4H2,1-3H3. The van der Waals surface area contributed by atoms with E-state index in [4.69, 9.17) is 0 Å². The molecule has 0 saturated heterocycles.